The molecule has 0 saturated heterocycles. The van der Waals surface area contributed by atoms with Crippen molar-refractivity contribution in [2.75, 3.05) is 5.73 Å². The Labute approximate surface area is 86.2 Å². The molecule has 1 aromatic heterocycles. The van der Waals surface area contributed by atoms with Crippen LogP contribution in [-0.2, 0) is 5.75 Å². The predicted octanol–water partition coefficient (Wildman–Crippen LogP) is 1.56. The van der Waals surface area contributed by atoms with E-state index in [2.05, 4.69) is 22.3 Å². The third kappa shape index (κ3) is 2.26. The molecular weight excluding hydrogens is 196 g/mol. The first-order valence-corrected chi connectivity index (χ1v) is 5.14. The van der Waals surface area contributed by atoms with Gasteiger partial charge in [-0.2, -0.15) is 0 Å². The van der Waals surface area contributed by atoms with Crippen LogP contribution in [0.2, 0.25) is 0 Å². The summed E-state index contributed by atoms with van der Waals surface area (Å²) in [5.41, 5.74) is 6.68. The van der Waals surface area contributed by atoms with Crippen LogP contribution in [0.3, 0.4) is 0 Å². The summed E-state index contributed by atoms with van der Waals surface area (Å²) in [7, 11) is 0. The van der Waals surface area contributed by atoms with Gasteiger partial charge in [-0.1, -0.05) is 30.3 Å². The zero-order chi connectivity index (χ0) is 9.80. The molecule has 0 atom stereocenters. The Morgan fingerprint density at radius 1 is 1.29 bits per heavy atom. The lowest BCUT2D eigenvalue weighted by atomic mass is 10.2. The first-order chi connectivity index (χ1) is 6.84. The second kappa shape index (κ2) is 4.15. The lowest BCUT2D eigenvalue weighted by Crippen LogP contribution is -1.94. The Balaban J connectivity index is 1.95. The molecule has 1 aromatic carbocycles. The fourth-order valence-corrected chi connectivity index (χ4v) is 1.75. The number of nitrogen functional groups attached to an aromatic ring is 1. The number of benzene rings is 1. The largest absolute Gasteiger partial charge is 0.381 e. The predicted molar refractivity (Wildman–Crippen MR) is 57.6 cm³/mol. The molecule has 0 spiro atoms. The average Bonchev–Trinajstić information content (AvgIpc) is 2.63. The van der Waals surface area contributed by atoms with Gasteiger partial charge in [0.2, 0.25) is 0 Å². The van der Waals surface area contributed by atoms with E-state index in [4.69, 9.17) is 5.73 Å². The van der Waals surface area contributed by atoms with Gasteiger partial charge < -0.3 is 5.73 Å². The van der Waals surface area contributed by atoms with Crippen LogP contribution in [0, 0.1) is 0 Å². The van der Waals surface area contributed by atoms with Crippen molar-refractivity contribution in [3.05, 3.63) is 42.1 Å². The molecule has 2 N–H and O–H groups in total. The number of anilines is 1. The van der Waals surface area contributed by atoms with Crippen molar-refractivity contribution in [3.63, 3.8) is 0 Å². The van der Waals surface area contributed by atoms with E-state index >= 15 is 0 Å². The van der Waals surface area contributed by atoms with E-state index in [9.17, 15) is 0 Å². The fraction of sp³-hybridized carbons (Fsp3) is 0.111. The number of hydrogen-bond acceptors (Lipinski definition) is 4. The summed E-state index contributed by atoms with van der Waals surface area (Å²) < 4.78 is 1.53. The van der Waals surface area contributed by atoms with Crippen LogP contribution in [0.1, 0.15) is 5.56 Å². The monoisotopic (exact) mass is 206 g/mol. The van der Waals surface area contributed by atoms with E-state index in [-0.39, 0.29) is 0 Å². The van der Waals surface area contributed by atoms with Crippen molar-refractivity contribution in [2.24, 2.45) is 0 Å². The highest BCUT2D eigenvalue weighted by Crippen LogP contribution is 2.12. The van der Waals surface area contributed by atoms with E-state index in [1.807, 2.05) is 18.2 Å². The van der Waals surface area contributed by atoms with Crippen molar-refractivity contribution in [3.8, 4) is 0 Å². The van der Waals surface area contributed by atoms with Crippen LogP contribution in [-0.4, -0.2) is 14.4 Å². The van der Waals surface area contributed by atoms with Crippen LogP contribution < -0.4 is 5.73 Å². The van der Waals surface area contributed by atoms with Gasteiger partial charge in [0.05, 0.1) is 6.20 Å². The highest BCUT2D eigenvalue weighted by molar-refractivity contribution is 7.96. The summed E-state index contributed by atoms with van der Waals surface area (Å²) in [6, 6.07) is 10.2. The summed E-state index contributed by atoms with van der Waals surface area (Å²) in [6.07, 6.45) is 1.54. The molecule has 1 heterocycles. The second-order valence-electron chi connectivity index (χ2n) is 2.78. The molecule has 0 aliphatic rings. The fourth-order valence-electron chi connectivity index (χ4n) is 1.03. The van der Waals surface area contributed by atoms with Crippen LogP contribution in [0.15, 0.2) is 36.5 Å². The molecule has 0 radical (unpaired) electrons. The van der Waals surface area contributed by atoms with Crippen molar-refractivity contribution in [2.45, 2.75) is 5.75 Å². The van der Waals surface area contributed by atoms with Gasteiger partial charge in [-0.3, -0.25) is 0 Å². The smallest absolute Gasteiger partial charge is 0.167 e. The summed E-state index contributed by atoms with van der Waals surface area (Å²) in [4.78, 5) is 0. The molecule has 14 heavy (non-hydrogen) atoms. The van der Waals surface area contributed by atoms with Crippen LogP contribution >= 0.6 is 11.9 Å². The van der Waals surface area contributed by atoms with E-state index < -0.39 is 0 Å². The molecule has 0 saturated carbocycles. The highest BCUT2D eigenvalue weighted by atomic mass is 32.2. The van der Waals surface area contributed by atoms with Gasteiger partial charge in [0.25, 0.3) is 0 Å². The van der Waals surface area contributed by atoms with Gasteiger partial charge in [-0.15, -0.1) is 14.4 Å². The molecule has 0 fully saturated rings. The first kappa shape index (κ1) is 9.08. The minimum Gasteiger partial charge on any atom is -0.381 e. The Bertz CT molecular complexity index is 398. The van der Waals surface area contributed by atoms with Crippen molar-refractivity contribution in [1.82, 2.24) is 14.4 Å². The average molecular weight is 206 g/mol. The minimum absolute atomic E-state index is 0.450. The van der Waals surface area contributed by atoms with Crippen LogP contribution in [0.4, 0.5) is 5.82 Å². The molecule has 0 bridgehead atoms. The SMILES string of the molecule is Nc1cnn(SCc2ccccc2)n1. The minimum atomic E-state index is 0.450. The molecule has 5 heteroatoms. The maximum atomic E-state index is 5.44. The lowest BCUT2D eigenvalue weighted by molar-refractivity contribution is 0.864. The van der Waals surface area contributed by atoms with Crippen molar-refractivity contribution >= 4 is 17.8 Å². The van der Waals surface area contributed by atoms with Gasteiger partial charge in [-0.05, 0) is 5.56 Å². The van der Waals surface area contributed by atoms with Gasteiger partial charge in [0.15, 0.2) is 5.82 Å². The van der Waals surface area contributed by atoms with Crippen molar-refractivity contribution < 1.29 is 0 Å². The van der Waals surface area contributed by atoms with Gasteiger partial charge in [0, 0.05) is 17.7 Å². The molecule has 0 aliphatic carbocycles. The number of nitrogens with two attached hydrogens (primary N) is 1. The standard InChI is InChI=1S/C9H10N4S/c10-9-6-11-13(12-9)14-7-8-4-2-1-3-5-8/h1-6H,7H2,(H2,10,12). The third-order valence-electron chi connectivity index (χ3n) is 1.68. The third-order valence-corrected chi connectivity index (χ3v) is 2.55. The van der Waals surface area contributed by atoms with E-state index in [0.29, 0.717) is 5.82 Å². The Hall–Kier alpha value is -1.49. The van der Waals surface area contributed by atoms with Crippen molar-refractivity contribution in [1.29, 1.82) is 0 Å². The number of rotatable bonds is 3. The van der Waals surface area contributed by atoms with E-state index in [0.717, 1.165) is 5.75 Å². The molecule has 0 amide bonds. The lowest BCUT2D eigenvalue weighted by Gasteiger charge is -1.98. The Morgan fingerprint density at radius 3 is 2.71 bits per heavy atom. The van der Waals surface area contributed by atoms with Gasteiger partial charge in [0.1, 0.15) is 0 Å². The molecule has 4 nitrogen and oxygen atoms in total. The van der Waals surface area contributed by atoms with Crippen LogP contribution in [0.5, 0.6) is 0 Å². The van der Waals surface area contributed by atoms with E-state index in [1.54, 1.807) is 0 Å². The molecule has 2 aromatic rings. The zero-order valence-corrected chi connectivity index (χ0v) is 8.31. The van der Waals surface area contributed by atoms with Crippen LogP contribution in [0.25, 0.3) is 0 Å². The first-order valence-electron chi connectivity index (χ1n) is 4.19. The summed E-state index contributed by atoms with van der Waals surface area (Å²) in [6.45, 7) is 0. The topological polar surface area (TPSA) is 56.7 Å². The summed E-state index contributed by atoms with van der Waals surface area (Å²) >= 11 is 1.51. The van der Waals surface area contributed by atoms with Gasteiger partial charge >= 0.3 is 0 Å². The van der Waals surface area contributed by atoms with Gasteiger partial charge in [-0.25, -0.2) is 0 Å². The molecule has 0 unspecified atom stereocenters. The van der Waals surface area contributed by atoms with E-state index in [1.165, 1.54) is 27.9 Å². The molecule has 2 rings (SSSR count). The Morgan fingerprint density at radius 2 is 2.07 bits per heavy atom. The maximum Gasteiger partial charge on any atom is 0.167 e. The molecule has 72 valence electrons. The number of hydrogen-bond donors (Lipinski definition) is 1. The molecular formula is C9H10N4S. The normalized spacial score (nSPS) is 10.3. The number of aromatic nitrogens is 3. The highest BCUT2D eigenvalue weighted by Gasteiger charge is 1.97. The summed E-state index contributed by atoms with van der Waals surface area (Å²) in [5, 5.41) is 7.95. The quantitative estimate of drug-likeness (QED) is 0.828. The zero-order valence-electron chi connectivity index (χ0n) is 7.50. The number of nitrogens with zero attached hydrogens (tertiary/aromatic N) is 3. The maximum absolute atomic E-state index is 5.44. The second-order valence-corrected chi connectivity index (χ2v) is 3.65. The molecule has 0 aliphatic heterocycles. The summed E-state index contributed by atoms with van der Waals surface area (Å²) in [5.74, 6) is 1.29. The Kier molecular flexibility index (Phi) is 2.69.